The topological polar surface area (TPSA) is 349 Å². The summed E-state index contributed by atoms with van der Waals surface area (Å²) in [6, 6.07) is 5.15. The van der Waals surface area contributed by atoms with Crippen LogP contribution in [0.25, 0.3) is 22.3 Å². The molecule has 6 rings (SSSR count). The molecule has 15 atom stereocenters. The van der Waals surface area contributed by atoms with Gasteiger partial charge in [-0.1, -0.05) is 0 Å². The molecule has 3 saturated heterocycles. The Morgan fingerprint density at radius 1 is 0.630 bits per heavy atom. The third-order valence-electron chi connectivity index (χ3n) is 9.38. The maximum atomic E-state index is 14.1. The minimum atomic E-state index is -2.05. The van der Waals surface area contributed by atoms with Gasteiger partial charge in [-0.25, -0.2) is 0 Å². The highest BCUT2D eigenvalue weighted by molar-refractivity contribution is 5.88. The molecular formula is C33H40O21. The number of hydrogen-bond donors (Lipinski definition) is 13. The van der Waals surface area contributed by atoms with Gasteiger partial charge in [0.15, 0.2) is 23.5 Å². The molecule has 2 aromatic carbocycles. The number of aromatic hydroxyl groups is 3. The Balaban J connectivity index is 1.34. The van der Waals surface area contributed by atoms with Gasteiger partial charge in [-0.2, -0.15) is 0 Å². The Bertz CT molecular complexity index is 1850. The van der Waals surface area contributed by atoms with Gasteiger partial charge < -0.3 is 99.2 Å². The van der Waals surface area contributed by atoms with E-state index in [0.717, 1.165) is 24.3 Å². The van der Waals surface area contributed by atoms with E-state index >= 15 is 0 Å². The van der Waals surface area contributed by atoms with Crippen LogP contribution in [0.4, 0.5) is 0 Å². The summed E-state index contributed by atoms with van der Waals surface area (Å²) >= 11 is 0. The smallest absolute Gasteiger partial charge is 0.239 e. The first-order valence-electron chi connectivity index (χ1n) is 16.5. The zero-order chi connectivity index (χ0) is 39.3. The van der Waals surface area contributed by atoms with Crippen molar-refractivity contribution in [1.82, 2.24) is 0 Å². The van der Waals surface area contributed by atoms with Crippen molar-refractivity contribution in [2.24, 2.45) is 0 Å². The van der Waals surface area contributed by atoms with Crippen LogP contribution in [-0.4, -0.2) is 172 Å². The summed E-state index contributed by atoms with van der Waals surface area (Å²) in [6.07, 6.45) is -25.1. The lowest BCUT2D eigenvalue weighted by molar-refractivity contribution is -0.318. The second kappa shape index (κ2) is 15.7. The molecule has 54 heavy (non-hydrogen) atoms. The molecule has 21 heteroatoms. The van der Waals surface area contributed by atoms with E-state index in [-0.39, 0.29) is 11.3 Å². The van der Waals surface area contributed by atoms with E-state index < -0.39 is 150 Å². The monoisotopic (exact) mass is 772 g/mol. The third kappa shape index (κ3) is 7.39. The van der Waals surface area contributed by atoms with Crippen LogP contribution < -0.4 is 14.9 Å². The number of aliphatic hydroxyl groups excluding tert-OH is 10. The van der Waals surface area contributed by atoms with Crippen molar-refractivity contribution in [2.45, 2.75) is 99.0 Å². The number of benzene rings is 2. The normalized spacial score (nSPS) is 37.3. The number of phenols is 3. The van der Waals surface area contributed by atoms with Crippen molar-refractivity contribution < 1.29 is 99.2 Å². The lowest BCUT2D eigenvalue weighted by Crippen LogP contribution is -2.61. The van der Waals surface area contributed by atoms with Crippen molar-refractivity contribution in [2.75, 3.05) is 13.2 Å². The number of aliphatic hydroxyl groups is 10. The van der Waals surface area contributed by atoms with E-state index in [1.807, 2.05) is 0 Å². The Hall–Kier alpha value is -3.91. The predicted octanol–water partition coefficient (Wildman–Crippen LogP) is -4.21. The predicted molar refractivity (Wildman–Crippen MR) is 173 cm³/mol. The van der Waals surface area contributed by atoms with E-state index in [2.05, 4.69) is 0 Å². The largest absolute Gasteiger partial charge is 0.507 e. The lowest BCUT2D eigenvalue weighted by Gasteiger charge is -2.42. The second-order valence-corrected chi connectivity index (χ2v) is 13.1. The third-order valence-corrected chi connectivity index (χ3v) is 9.38. The molecule has 1 unspecified atom stereocenters. The summed E-state index contributed by atoms with van der Waals surface area (Å²) in [5.74, 6) is -3.63. The molecular weight excluding hydrogens is 732 g/mol. The zero-order valence-corrected chi connectivity index (χ0v) is 28.0. The van der Waals surface area contributed by atoms with Crippen LogP contribution in [-0.2, 0) is 18.9 Å². The van der Waals surface area contributed by atoms with Gasteiger partial charge in [0.1, 0.15) is 89.6 Å². The van der Waals surface area contributed by atoms with Crippen molar-refractivity contribution >= 4 is 11.0 Å². The molecule has 1 aromatic heterocycles. The molecule has 3 fully saturated rings. The molecule has 13 N–H and O–H groups in total. The number of ether oxygens (including phenoxy) is 6. The quantitative estimate of drug-likeness (QED) is 0.0917. The number of phenolic OH excluding ortho intramolecular Hbond substituents is 3. The molecule has 0 bridgehead atoms. The van der Waals surface area contributed by atoms with Crippen LogP contribution in [0.5, 0.6) is 28.7 Å². The number of rotatable bonds is 9. The van der Waals surface area contributed by atoms with Crippen LogP contribution in [0.15, 0.2) is 39.5 Å². The van der Waals surface area contributed by atoms with Crippen LogP contribution in [0.3, 0.4) is 0 Å². The van der Waals surface area contributed by atoms with E-state index in [9.17, 15) is 71.2 Å². The molecule has 0 amide bonds. The maximum Gasteiger partial charge on any atom is 0.239 e. The summed E-state index contributed by atoms with van der Waals surface area (Å²) in [5, 5.41) is 133. The van der Waals surface area contributed by atoms with E-state index in [1.165, 1.54) is 13.0 Å². The minimum Gasteiger partial charge on any atom is -0.507 e. The van der Waals surface area contributed by atoms with Gasteiger partial charge >= 0.3 is 0 Å². The fourth-order valence-corrected chi connectivity index (χ4v) is 6.19. The van der Waals surface area contributed by atoms with Gasteiger partial charge in [-0.15, -0.1) is 0 Å². The van der Waals surface area contributed by atoms with Crippen molar-refractivity contribution in [3.05, 3.63) is 40.6 Å². The zero-order valence-electron chi connectivity index (χ0n) is 28.0. The van der Waals surface area contributed by atoms with E-state index in [4.69, 9.17) is 32.8 Å². The van der Waals surface area contributed by atoms with Gasteiger partial charge in [0.25, 0.3) is 0 Å². The Kier molecular flexibility index (Phi) is 11.5. The van der Waals surface area contributed by atoms with Gasteiger partial charge in [0, 0.05) is 17.7 Å². The molecule has 3 aliphatic rings. The van der Waals surface area contributed by atoms with Gasteiger partial charge in [-0.3, -0.25) is 4.79 Å². The van der Waals surface area contributed by atoms with Gasteiger partial charge in [0.05, 0.1) is 19.3 Å². The molecule has 0 saturated carbocycles. The molecule has 3 aromatic rings. The summed E-state index contributed by atoms with van der Waals surface area (Å²) in [6.45, 7) is -0.0204. The molecule has 4 heterocycles. The van der Waals surface area contributed by atoms with E-state index in [1.54, 1.807) is 0 Å². The van der Waals surface area contributed by atoms with E-state index in [0.29, 0.717) is 0 Å². The highest BCUT2D eigenvalue weighted by Gasteiger charge is 2.48. The van der Waals surface area contributed by atoms with Crippen LogP contribution in [0.1, 0.15) is 6.92 Å². The molecule has 21 nitrogen and oxygen atoms in total. The first-order valence-corrected chi connectivity index (χ1v) is 16.5. The lowest BCUT2D eigenvalue weighted by atomic mass is 9.98. The SMILES string of the molecule is C[C@H]1O[C@@H](OC[C@H]2OC(Oc3c(-c4ccc(O)c(O)c4)oc4cc(O[C@H]5O[C@H](CO)[C@H](O)[C@H](O)[C@H]5O)cc(O)c4c3=O)[C@H](O)[C@@H](O)[C@@H]2O)[C@H](O)[C@H](O)[C@@H]1O. The maximum absolute atomic E-state index is 14.1. The first kappa shape index (κ1) is 39.8. The molecule has 0 aliphatic carbocycles. The summed E-state index contributed by atoms with van der Waals surface area (Å²) < 4.78 is 39.1. The minimum absolute atomic E-state index is 0.122. The van der Waals surface area contributed by atoms with Gasteiger partial charge in [0.2, 0.25) is 23.8 Å². The van der Waals surface area contributed by atoms with Crippen molar-refractivity contribution in [1.29, 1.82) is 0 Å². The van der Waals surface area contributed by atoms with Crippen molar-refractivity contribution in [3.8, 4) is 40.1 Å². The highest BCUT2D eigenvalue weighted by Crippen LogP contribution is 2.40. The second-order valence-electron chi connectivity index (χ2n) is 13.1. The number of fused-ring (bicyclic) bond motifs is 1. The standard InChI is InChI=1S/C33H40O21/c1-9-19(38)23(42)26(45)31(49-9)48-8-17-21(40)25(44)28(47)33(53-17)54-30-22(41)18-14(37)5-11(50-32-27(46)24(43)20(39)16(7-34)52-32)6-15(18)51-29(30)10-2-3-12(35)13(36)4-10/h2-6,9,16-17,19-21,23-28,31-40,42-47H,7-8H2,1H3/t9-,16-,17-,19-,20+,21-,23-,24+,25+,26-,27-,28-,31-,32+,33?/m1/s1. The Morgan fingerprint density at radius 2 is 1.22 bits per heavy atom. The fraction of sp³-hybridized carbons (Fsp3) is 0.545. The first-order chi connectivity index (χ1) is 25.5. The van der Waals surface area contributed by atoms with Crippen molar-refractivity contribution in [3.63, 3.8) is 0 Å². The summed E-state index contributed by atoms with van der Waals surface area (Å²) in [7, 11) is 0. The average Bonchev–Trinajstić information content (AvgIpc) is 3.14. The van der Waals surface area contributed by atoms with Crippen LogP contribution in [0.2, 0.25) is 0 Å². The highest BCUT2D eigenvalue weighted by atomic mass is 16.7. The molecule has 3 aliphatic heterocycles. The fourth-order valence-electron chi connectivity index (χ4n) is 6.19. The summed E-state index contributed by atoms with van der Waals surface area (Å²) in [5.41, 5.74) is -1.66. The molecule has 0 radical (unpaired) electrons. The number of hydrogen-bond acceptors (Lipinski definition) is 21. The Morgan fingerprint density at radius 3 is 1.87 bits per heavy atom. The van der Waals surface area contributed by atoms with Crippen LogP contribution in [0, 0.1) is 0 Å². The molecule has 0 spiro atoms. The summed E-state index contributed by atoms with van der Waals surface area (Å²) in [4.78, 5) is 14.1. The molecule has 298 valence electrons. The Labute approximate surface area is 303 Å². The average molecular weight is 773 g/mol. The van der Waals surface area contributed by atoms with Crippen LogP contribution >= 0.6 is 0 Å². The van der Waals surface area contributed by atoms with Gasteiger partial charge in [-0.05, 0) is 25.1 Å².